The van der Waals surface area contributed by atoms with E-state index in [0.29, 0.717) is 24.2 Å². The molecule has 0 bridgehead atoms. The smallest absolute Gasteiger partial charge is 0.241 e. The molecule has 7 nitrogen and oxygen atoms in total. The second-order valence-electron chi connectivity index (χ2n) is 6.83. The van der Waals surface area contributed by atoms with Crippen LogP contribution in [0.4, 0.5) is 5.69 Å². The van der Waals surface area contributed by atoms with Crippen LogP contribution in [0.1, 0.15) is 31.4 Å². The largest absolute Gasteiger partial charge is 0.312 e. The lowest BCUT2D eigenvalue weighted by Crippen LogP contribution is -2.27. The Morgan fingerprint density at radius 1 is 0.929 bits per heavy atom. The number of rotatable bonds is 6. The van der Waals surface area contributed by atoms with Crippen molar-refractivity contribution in [1.82, 2.24) is 4.72 Å². The van der Waals surface area contributed by atoms with Crippen LogP contribution in [0.2, 0.25) is 0 Å². The Morgan fingerprint density at radius 2 is 1.50 bits per heavy atom. The topological polar surface area (TPSA) is 101 Å². The van der Waals surface area contributed by atoms with Gasteiger partial charge in [0.15, 0.2) is 9.84 Å². The Bertz CT molecular complexity index is 1080. The number of anilines is 1. The molecule has 0 radical (unpaired) electrons. The summed E-state index contributed by atoms with van der Waals surface area (Å²) in [6, 6.07) is 11.8. The van der Waals surface area contributed by atoms with E-state index in [-0.39, 0.29) is 15.7 Å². The summed E-state index contributed by atoms with van der Waals surface area (Å²) in [5, 5.41) is 0. The highest BCUT2D eigenvalue weighted by Crippen LogP contribution is 2.24. The van der Waals surface area contributed by atoms with E-state index < -0.39 is 25.9 Å². The van der Waals surface area contributed by atoms with E-state index in [0.717, 1.165) is 12.7 Å². The minimum absolute atomic E-state index is 0.0416. The van der Waals surface area contributed by atoms with E-state index in [1.165, 1.54) is 24.3 Å². The van der Waals surface area contributed by atoms with E-state index >= 15 is 0 Å². The van der Waals surface area contributed by atoms with Gasteiger partial charge < -0.3 is 4.90 Å². The Labute approximate surface area is 165 Å². The summed E-state index contributed by atoms with van der Waals surface area (Å²) in [5.41, 5.74) is 1.33. The van der Waals surface area contributed by atoms with Gasteiger partial charge in [0.05, 0.1) is 9.79 Å². The van der Waals surface area contributed by atoms with Crippen molar-refractivity contribution < 1.29 is 21.6 Å². The number of hydrogen-bond acceptors (Lipinski definition) is 5. The van der Waals surface area contributed by atoms with Crippen molar-refractivity contribution in [2.24, 2.45) is 0 Å². The van der Waals surface area contributed by atoms with Crippen molar-refractivity contribution in [2.75, 3.05) is 17.7 Å². The number of sulfone groups is 1. The molecule has 0 saturated carbocycles. The van der Waals surface area contributed by atoms with Gasteiger partial charge in [0.1, 0.15) is 0 Å². The van der Waals surface area contributed by atoms with Gasteiger partial charge in [-0.1, -0.05) is 12.1 Å². The summed E-state index contributed by atoms with van der Waals surface area (Å²) in [6.07, 6.45) is 2.43. The number of sulfonamides is 1. The molecule has 2 aromatic rings. The lowest BCUT2D eigenvalue weighted by molar-refractivity contribution is -0.117. The highest BCUT2D eigenvalue weighted by Gasteiger charge is 2.23. The van der Waals surface area contributed by atoms with Gasteiger partial charge in [-0.05, 0) is 55.3 Å². The predicted molar refractivity (Wildman–Crippen MR) is 106 cm³/mol. The number of hydrogen-bond donors (Lipinski definition) is 1. The summed E-state index contributed by atoms with van der Waals surface area (Å²) >= 11 is 0. The van der Waals surface area contributed by atoms with E-state index in [2.05, 4.69) is 4.72 Å². The highest BCUT2D eigenvalue weighted by molar-refractivity contribution is 7.90. The van der Waals surface area contributed by atoms with E-state index in [9.17, 15) is 21.6 Å². The van der Waals surface area contributed by atoms with Crippen LogP contribution in [0.15, 0.2) is 58.3 Å². The fourth-order valence-corrected chi connectivity index (χ4v) is 4.96. The normalized spacial score (nSPS) is 16.4. The number of amides is 1. The molecule has 1 N–H and O–H groups in total. The zero-order valence-corrected chi connectivity index (χ0v) is 17.3. The summed E-state index contributed by atoms with van der Waals surface area (Å²) in [7, 11) is -7.08. The third kappa shape index (κ3) is 4.43. The third-order valence-corrected chi connectivity index (χ3v) is 7.36. The number of benzene rings is 2. The van der Waals surface area contributed by atoms with Crippen LogP contribution in [0.25, 0.3) is 0 Å². The monoisotopic (exact) mass is 422 g/mol. The summed E-state index contributed by atoms with van der Waals surface area (Å²) < 4.78 is 51.0. The minimum Gasteiger partial charge on any atom is -0.312 e. The summed E-state index contributed by atoms with van der Waals surface area (Å²) in [5.74, 6) is 0.0416. The molecule has 28 heavy (non-hydrogen) atoms. The lowest BCUT2D eigenvalue weighted by atomic mass is 10.1. The number of carbonyl (C=O) groups is 1. The van der Waals surface area contributed by atoms with E-state index in [1.807, 2.05) is 0 Å². The van der Waals surface area contributed by atoms with Gasteiger partial charge in [-0.15, -0.1) is 0 Å². The summed E-state index contributed by atoms with van der Waals surface area (Å²) in [4.78, 5) is 13.7. The van der Waals surface area contributed by atoms with Gasteiger partial charge in [0.25, 0.3) is 0 Å². The molecule has 1 atom stereocenters. The SMILES string of the molecule is CC(NS(=O)(=O)c1ccc(N2CCCC2=O)cc1)c1ccc(S(C)(=O)=O)cc1. The maximum Gasteiger partial charge on any atom is 0.241 e. The molecule has 1 saturated heterocycles. The molecule has 9 heteroatoms. The van der Waals surface area contributed by atoms with Crippen LogP contribution < -0.4 is 9.62 Å². The first-order valence-electron chi connectivity index (χ1n) is 8.81. The predicted octanol–water partition coefficient (Wildman–Crippen LogP) is 2.26. The van der Waals surface area contributed by atoms with Gasteiger partial charge in [-0.25, -0.2) is 21.6 Å². The zero-order valence-electron chi connectivity index (χ0n) is 15.6. The van der Waals surface area contributed by atoms with Crippen LogP contribution in [-0.2, 0) is 24.7 Å². The fraction of sp³-hybridized carbons (Fsp3) is 0.316. The standard InChI is InChI=1S/C19H22N2O5S2/c1-14(15-5-9-17(10-6-15)27(2,23)24)20-28(25,26)18-11-7-16(8-12-18)21-13-3-4-19(21)22/h5-12,14,20H,3-4,13H2,1-2H3. The van der Waals surface area contributed by atoms with Crippen LogP contribution in [-0.4, -0.2) is 35.5 Å². The van der Waals surface area contributed by atoms with Crippen molar-refractivity contribution in [1.29, 1.82) is 0 Å². The van der Waals surface area contributed by atoms with E-state index in [1.54, 1.807) is 36.1 Å². The quantitative estimate of drug-likeness (QED) is 0.770. The zero-order chi connectivity index (χ0) is 20.5. The van der Waals surface area contributed by atoms with Crippen LogP contribution >= 0.6 is 0 Å². The highest BCUT2D eigenvalue weighted by atomic mass is 32.2. The first-order valence-corrected chi connectivity index (χ1v) is 12.2. The Kier molecular flexibility index (Phi) is 5.60. The van der Waals surface area contributed by atoms with Crippen LogP contribution in [0.3, 0.4) is 0 Å². The van der Waals surface area contributed by atoms with Crippen molar-refractivity contribution in [3.63, 3.8) is 0 Å². The van der Waals surface area contributed by atoms with Gasteiger partial charge in [0.2, 0.25) is 15.9 Å². The molecular weight excluding hydrogens is 400 g/mol. The molecule has 1 unspecified atom stereocenters. The molecule has 1 aliphatic heterocycles. The van der Waals surface area contributed by atoms with Gasteiger partial charge >= 0.3 is 0 Å². The Balaban J connectivity index is 1.74. The fourth-order valence-electron chi connectivity index (χ4n) is 3.10. The van der Waals surface area contributed by atoms with Crippen LogP contribution in [0, 0.1) is 0 Å². The maximum atomic E-state index is 12.7. The summed E-state index contributed by atoms with van der Waals surface area (Å²) in [6.45, 7) is 2.33. The minimum atomic E-state index is -3.77. The number of nitrogens with zero attached hydrogens (tertiary/aromatic N) is 1. The van der Waals surface area contributed by atoms with Gasteiger partial charge in [0, 0.05) is 31.0 Å². The van der Waals surface area contributed by atoms with Crippen molar-refractivity contribution in [3.8, 4) is 0 Å². The molecule has 1 aliphatic rings. The number of carbonyl (C=O) groups excluding carboxylic acids is 1. The molecule has 150 valence electrons. The first kappa shape index (κ1) is 20.5. The average Bonchev–Trinajstić information content (AvgIpc) is 3.07. The molecule has 1 amide bonds. The van der Waals surface area contributed by atoms with Crippen molar-refractivity contribution in [2.45, 2.75) is 35.6 Å². The van der Waals surface area contributed by atoms with Crippen LogP contribution in [0.5, 0.6) is 0 Å². The molecule has 0 spiro atoms. The second-order valence-corrected chi connectivity index (χ2v) is 10.6. The molecule has 3 rings (SSSR count). The second kappa shape index (κ2) is 7.65. The molecule has 0 aliphatic carbocycles. The average molecular weight is 423 g/mol. The maximum absolute atomic E-state index is 12.7. The van der Waals surface area contributed by atoms with Gasteiger partial charge in [-0.3, -0.25) is 4.79 Å². The van der Waals surface area contributed by atoms with Crippen molar-refractivity contribution in [3.05, 3.63) is 54.1 Å². The lowest BCUT2D eigenvalue weighted by Gasteiger charge is -2.17. The molecule has 2 aromatic carbocycles. The van der Waals surface area contributed by atoms with Crippen molar-refractivity contribution >= 4 is 31.5 Å². The molecule has 1 fully saturated rings. The first-order chi connectivity index (χ1) is 13.1. The number of nitrogens with one attached hydrogen (secondary N) is 1. The third-order valence-electron chi connectivity index (χ3n) is 4.67. The Morgan fingerprint density at radius 3 is 2.00 bits per heavy atom. The van der Waals surface area contributed by atoms with E-state index in [4.69, 9.17) is 0 Å². The van der Waals surface area contributed by atoms with Gasteiger partial charge in [-0.2, -0.15) is 0 Å². The molecule has 0 aromatic heterocycles. The molecule has 1 heterocycles. The molecular formula is C19H22N2O5S2. The Hall–Kier alpha value is -2.23.